The van der Waals surface area contributed by atoms with E-state index in [0.717, 1.165) is 27.4 Å². The number of rotatable bonds is 7. The molecule has 1 unspecified atom stereocenters. The zero-order chi connectivity index (χ0) is 23.4. The van der Waals surface area contributed by atoms with E-state index in [1.807, 2.05) is 55.3 Å². The number of pyridine rings is 1. The first kappa shape index (κ1) is 22.2. The van der Waals surface area contributed by atoms with Crippen LogP contribution in [0.3, 0.4) is 0 Å². The standard InChI is InChI=1S/C25H27N7O/c1-4-5-14-32-23(29-30-25(32)31(3)16-17(2)26)24(33)27-15-22-20-12-7-6-10-18(20)19-11-8-9-13-21(19)28-22/h6-13,17H,14-16,26H2,1-3H3,(H,27,33). The maximum Gasteiger partial charge on any atom is 0.289 e. The van der Waals surface area contributed by atoms with Crippen molar-refractivity contribution in [3.05, 3.63) is 60.0 Å². The number of nitrogens with two attached hydrogens (primary N) is 1. The molecule has 0 spiro atoms. The van der Waals surface area contributed by atoms with Crippen LogP contribution in [0.25, 0.3) is 21.7 Å². The predicted octanol–water partition coefficient (Wildman–Crippen LogP) is 2.72. The second-order valence-electron chi connectivity index (χ2n) is 8.00. The van der Waals surface area contributed by atoms with Gasteiger partial charge in [-0.05, 0) is 25.3 Å². The van der Waals surface area contributed by atoms with Gasteiger partial charge in [0, 0.05) is 30.4 Å². The maximum absolute atomic E-state index is 13.1. The van der Waals surface area contributed by atoms with Crippen molar-refractivity contribution in [2.24, 2.45) is 5.73 Å². The minimum Gasteiger partial charge on any atom is -0.344 e. The molecule has 0 aliphatic heterocycles. The maximum atomic E-state index is 13.1. The third-order valence-corrected chi connectivity index (χ3v) is 5.36. The second kappa shape index (κ2) is 9.67. The molecule has 0 aliphatic rings. The molecule has 2 aromatic heterocycles. The van der Waals surface area contributed by atoms with Crippen molar-refractivity contribution in [1.82, 2.24) is 25.1 Å². The SMILES string of the molecule is CC#CCn1c(C(=O)NCc2nc3ccccc3c3ccccc23)nnc1N(C)CC(C)N. The van der Waals surface area contributed by atoms with E-state index in [1.54, 1.807) is 11.5 Å². The first-order chi connectivity index (χ1) is 16.0. The smallest absolute Gasteiger partial charge is 0.289 e. The Bertz CT molecular complexity index is 1360. The quantitative estimate of drug-likeness (QED) is 0.338. The molecule has 8 nitrogen and oxygen atoms in total. The van der Waals surface area contributed by atoms with Crippen LogP contribution in [0.5, 0.6) is 0 Å². The highest BCUT2D eigenvalue weighted by Gasteiger charge is 2.21. The molecule has 1 atom stereocenters. The summed E-state index contributed by atoms with van der Waals surface area (Å²) in [5.41, 5.74) is 7.62. The van der Waals surface area contributed by atoms with Crippen LogP contribution in [0.2, 0.25) is 0 Å². The van der Waals surface area contributed by atoms with Crippen LogP contribution >= 0.6 is 0 Å². The molecule has 168 valence electrons. The van der Waals surface area contributed by atoms with Gasteiger partial charge in [0.2, 0.25) is 11.8 Å². The predicted molar refractivity (Wildman–Crippen MR) is 131 cm³/mol. The van der Waals surface area contributed by atoms with E-state index in [2.05, 4.69) is 39.5 Å². The third-order valence-electron chi connectivity index (χ3n) is 5.36. The Morgan fingerprint density at radius 1 is 1.12 bits per heavy atom. The lowest BCUT2D eigenvalue weighted by Crippen LogP contribution is -2.35. The van der Waals surface area contributed by atoms with Crippen molar-refractivity contribution >= 4 is 33.5 Å². The van der Waals surface area contributed by atoms with Gasteiger partial charge in [-0.25, -0.2) is 0 Å². The van der Waals surface area contributed by atoms with Gasteiger partial charge in [0.25, 0.3) is 5.91 Å². The molecule has 0 radical (unpaired) electrons. The molecule has 2 aromatic carbocycles. The molecule has 4 rings (SSSR count). The number of nitrogens with one attached hydrogen (secondary N) is 1. The summed E-state index contributed by atoms with van der Waals surface area (Å²) in [5, 5.41) is 14.5. The highest BCUT2D eigenvalue weighted by molar-refractivity contribution is 6.06. The Balaban J connectivity index is 1.63. The molecule has 2 heterocycles. The second-order valence-corrected chi connectivity index (χ2v) is 8.00. The Morgan fingerprint density at radius 2 is 1.82 bits per heavy atom. The van der Waals surface area contributed by atoms with Crippen LogP contribution in [-0.4, -0.2) is 45.3 Å². The van der Waals surface area contributed by atoms with Gasteiger partial charge in [-0.3, -0.25) is 14.3 Å². The number of aromatic nitrogens is 4. The summed E-state index contributed by atoms with van der Waals surface area (Å²) in [6, 6.07) is 16.0. The topological polar surface area (TPSA) is 102 Å². The van der Waals surface area contributed by atoms with Gasteiger partial charge < -0.3 is 16.0 Å². The number of carbonyl (C=O) groups is 1. The molecule has 33 heavy (non-hydrogen) atoms. The van der Waals surface area contributed by atoms with Crippen molar-refractivity contribution < 1.29 is 4.79 Å². The molecule has 0 aliphatic carbocycles. The number of carbonyl (C=O) groups excluding carboxylic acids is 1. The average Bonchev–Trinajstić information content (AvgIpc) is 3.24. The van der Waals surface area contributed by atoms with Crippen LogP contribution in [-0.2, 0) is 13.1 Å². The Labute approximate surface area is 192 Å². The van der Waals surface area contributed by atoms with Crippen LogP contribution in [0, 0.1) is 11.8 Å². The lowest BCUT2D eigenvalue weighted by Gasteiger charge is -2.20. The minimum atomic E-state index is -0.333. The molecular formula is C25H27N7O. The summed E-state index contributed by atoms with van der Waals surface area (Å²) in [7, 11) is 1.87. The first-order valence-corrected chi connectivity index (χ1v) is 10.8. The number of para-hydroxylation sites is 1. The van der Waals surface area contributed by atoms with E-state index in [9.17, 15) is 4.79 Å². The van der Waals surface area contributed by atoms with E-state index in [4.69, 9.17) is 10.7 Å². The van der Waals surface area contributed by atoms with Gasteiger partial charge in [0.15, 0.2) is 0 Å². The van der Waals surface area contributed by atoms with Gasteiger partial charge >= 0.3 is 0 Å². The van der Waals surface area contributed by atoms with Gasteiger partial charge in [-0.15, -0.1) is 16.1 Å². The fourth-order valence-corrected chi connectivity index (χ4v) is 3.91. The number of anilines is 1. The molecule has 0 bridgehead atoms. The number of nitrogens with zero attached hydrogens (tertiary/aromatic N) is 5. The fourth-order valence-electron chi connectivity index (χ4n) is 3.91. The number of fused-ring (bicyclic) bond motifs is 3. The lowest BCUT2D eigenvalue weighted by atomic mass is 10.0. The van der Waals surface area contributed by atoms with E-state index in [0.29, 0.717) is 19.0 Å². The molecule has 1 amide bonds. The normalized spacial score (nSPS) is 11.8. The highest BCUT2D eigenvalue weighted by Crippen LogP contribution is 2.26. The first-order valence-electron chi connectivity index (χ1n) is 10.8. The molecule has 0 saturated carbocycles. The van der Waals surface area contributed by atoms with Crippen molar-refractivity contribution in [3.8, 4) is 11.8 Å². The Kier molecular flexibility index (Phi) is 6.52. The molecule has 0 saturated heterocycles. The number of amides is 1. The Morgan fingerprint density at radius 3 is 2.55 bits per heavy atom. The van der Waals surface area contributed by atoms with Crippen molar-refractivity contribution in [3.63, 3.8) is 0 Å². The van der Waals surface area contributed by atoms with Gasteiger partial charge in [0.05, 0.1) is 24.3 Å². The Hall–Kier alpha value is -3.96. The summed E-state index contributed by atoms with van der Waals surface area (Å²) >= 11 is 0. The van der Waals surface area contributed by atoms with E-state index >= 15 is 0 Å². The zero-order valence-corrected chi connectivity index (χ0v) is 19.0. The summed E-state index contributed by atoms with van der Waals surface area (Å²) < 4.78 is 1.71. The monoisotopic (exact) mass is 441 g/mol. The molecule has 3 N–H and O–H groups in total. The lowest BCUT2D eigenvalue weighted by molar-refractivity contribution is 0.0936. The van der Waals surface area contributed by atoms with Crippen molar-refractivity contribution in [1.29, 1.82) is 0 Å². The molecule has 4 aromatic rings. The largest absolute Gasteiger partial charge is 0.344 e. The van der Waals surface area contributed by atoms with Gasteiger partial charge in [0.1, 0.15) is 0 Å². The van der Waals surface area contributed by atoms with Crippen molar-refractivity contribution in [2.45, 2.75) is 33.0 Å². The van der Waals surface area contributed by atoms with E-state index in [1.165, 1.54) is 0 Å². The van der Waals surface area contributed by atoms with Crippen LogP contribution in [0.1, 0.15) is 30.2 Å². The summed E-state index contributed by atoms with van der Waals surface area (Å²) in [6.07, 6.45) is 0. The van der Waals surface area contributed by atoms with Crippen LogP contribution in [0.15, 0.2) is 48.5 Å². The summed E-state index contributed by atoms with van der Waals surface area (Å²) in [4.78, 5) is 19.8. The number of benzene rings is 2. The zero-order valence-electron chi connectivity index (χ0n) is 19.0. The van der Waals surface area contributed by atoms with Gasteiger partial charge in [-0.1, -0.05) is 48.4 Å². The number of likely N-dealkylation sites (N-methyl/N-ethyl adjacent to an activating group) is 1. The van der Waals surface area contributed by atoms with Crippen molar-refractivity contribution in [2.75, 3.05) is 18.5 Å². The van der Waals surface area contributed by atoms with E-state index in [-0.39, 0.29) is 24.3 Å². The van der Waals surface area contributed by atoms with Crippen LogP contribution < -0.4 is 16.0 Å². The number of hydrogen-bond acceptors (Lipinski definition) is 6. The summed E-state index contributed by atoms with van der Waals surface area (Å²) in [6.45, 7) is 4.82. The molecule has 8 heteroatoms. The van der Waals surface area contributed by atoms with Gasteiger partial charge in [-0.2, -0.15) is 0 Å². The van der Waals surface area contributed by atoms with E-state index < -0.39 is 0 Å². The average molecular weight is 442 g/mol. The third kappa shape index (κ3) is 4.64. The van der Waals surface area contributed by atoms with Crippen LogP contribution in [0.4, 0.5) is 5.95 Å². The fraction of sp³-hybridized carbons (Fsp3) is 0.280. The molecule has 0 fully saturated rings. The number of hydrogen-bond donors (Lipinski definition) is 2. The summed E-state index contributed by atoms with van der Waals surface area (Å²) in [5.74, 6) is 6.28. The molecular weight excluding hydrogens is 414 g/mol. The highest BCUT2D eigenvalue weighted by atomic mass is 16.2. The minimum absolute atomic E-state index is 0.0538.